The van der Waals surface area contributed by atoms with Gasteiger partial charge in [-0.15, -0.1) is 11.3 Å². The summed E-state index contributed by atoms with van der Waals surface area (Å²) in [7, 11) is 0. The van der Waals surface area contributed by atoms with Crippen LogP contribution in [0.4, 0.5) is 0 Å². The molecule has 1 nitrogen and oxygen atoms in total. The van der Waals surface area contributed by atoms with Crippen LogP contribution in [0, 0.1) is 19.8 Å². The molecular formula is C11H15BrOS. The second-order valence-corrected chi connectivity index (χ2v) is 6.34. The van der Waals surface area contributed by atoms with Gasteiger partial charge in [0.05, 0.1) is 6.61 Å². The maximum atomic E-state index is 5.42. The molecule has 1 aromatic heterocycles. The van der Waals surface area contributed by atoms with Crippen LogP contribution in [0.15, 0.2) is 6.07 Å². The van der Waals surface area contributed by atoms with Gasteiger partial charge in [-0.3, -0.25) is 0 Å². The Balaban J connectivity index is 2.17. The SMILES string of the molecule is Cc1cc(C(Br)C2CCOC2)c(C)s1. The lowest BCUT2D eigenvalue weighted by Gasteiger charge is -2.15. The van der Waals surface area contributed by atoms with E-state index < -0.39 is 0 Å². The topological polar surface area (TPSA) is 9.23 Å². The van der Waals surface area contributed by atoms with Gasteiger partial charge >= 0.3 is 0 Å². The zero-order valence-electron chi connectivity index (χ0n) is 8.55. The smallest absolute Gasteiger partial charge is 0.0509 e. The number of rotatable bonds is 2. The van der Waals surface area contributed by atoms with Gasteiger partial charge < -0.3 is 4.74 Å². The van der Waals surface area contributed by atoms with Crippen LogP contribution in [0.1, 0.15) is 26.6 Å². The molecule has 1 saturated heterocycles. The summed E-state index contributed by atoms with van der Waals surface area (Å²) < 4.78 is 5.42. The van der Waals surface area contributed by atoms with Crippen molar-refractivity contribution in [3.05, 3.63) is 21.4 Å². The van der Waals surface area contributed by atoms with Gasteiger partial charge in [0, 0.05) is 27.1 Å². The van der Waals surface area contributed by atoms with Gasteiger partial charge in [0.1, 0.15) is 0 Å². The van der Waals surface area contributed by atoms with Gasteiger partial charge in [-0.2, -0.15) is 0 Å². The Bertz CT molecular complexity index is 315. The Kier molecular flexibility index (Phi) is 3.30. The van der Waals surface area contributed by atoms with Gasteiger partial charge in [0.2, 0.25) is 0 Å². The van der Waals surface area contributed by atoms with Crippen molar-refractivity contribution >= 4 is 27.3 Å². The van der Waals surface area contributed by atoms with Gasteiger partial charge in [0.25, 0.3) is 0 Å². The fourth-order valence-electron chi connectivity index (χ4n) is 1.96. The lowest BCUT2D eigenvalue weighted by atomic mass is 9.99. The van der Waals surface area contributed by atoms with Gasteiger partial charge in [-0.05, 0) is 31.9 Å². The molecule has 0 aromatic carbocycles. The van der Waals surface area contributed by atoms with Crippen LogP contribution < -0.4 is 0 Å². The molecule has 0 amide bonds. The molecular weight excluding hydrogens is 260 g/mol. The first-order valence-corrected chi connectivity index (χ1v) is 6.70. The van der Waals surface area contributed by atoms with E-state index in [1.807, 2.05) is 11.3 Å². The number of ether oxygens (including phenoxy) is 1. The number of hydrogen-bond donors (Lipinski definition) is 0. The van der Waals surface area contributed by atoms with Crippen molar-refractivity contribution in [1.29, 1.82) is 0 Å². The lowest BCUT2D eigenvalue weighted by molar-refractivity contribution is 0.185. The third-order valence-corrected chi connectivity index (χ3v) is 4.98. The second kappa shape index (κ2) is 4.33. The van der Waals surface area contributed by atoms with E-state index in [1.54, 1.807) is 0 Å². The number of hydrogen-bond acceptors (Lipinski definition) is 2. The first-order chi connectivity index (χ1) is 6.68. The van der Waals surface area contributed by atoms with E-state index in [2.05, 4.69) is 35.8 Å². The van der Waals surface area contributed by atoms with Crippen molar-refractivity contribution in [3.8, 4) is 0 Å². The van der Waals surface area contributed by atoms with Crippen LogP contribution in [-0.2, 0) is 4.74 Å². The standard InChI is InChI=1S/C11H15BrOS/c1-7-5-10(8(2)14-7)11(12)9-3-4-13-6-9/h5,9,11H,3-4,6H2,1-2H3. The highest BCUT2D eigenvalue weighted by Crippen LogP contribution is 2.39. The summed E-state index contributed by atoms with van der Waals surface area (Å²) in [5.41, 5.74) is 1.46. The van der Waals surface area contributed by atoms with Gasteiger partial charge in [-0.1, -0.05) is 15.9 Å². The number of alkyl halides is 1. The zero-order chi connectivity index (χ0) is 10.1. The largest absolute Gasteiger partial charge is 0.381 e. The molecule has 2 rings (SSSR count). The highest BCUT2D eigenvalue weighted by molar-refractivity contribution is 9.09. The maximum Gasteiger partial charge on any atom is 0.0509 e. The molecule has 0 aliphatic carbocycles. The van der Waals surface area contributed by atoms with Crippen LogP contribution >= 0.6 is 27.3 Å². The summed E-state index contributed by atoms with van der Waals surface area (Å²) in [5, 5.41) is 0. The normalized spacial score (nSPS) is 24.1. The minimum Gasteiger partial charge on any atom is -0.381 e. The molecule has 1 fully saturated rings. The predicted molar refractivity (Wildman–Crippen MR) is 64.4 cm³/mol. The summed E-state index contributed by atoms with van der Waals surface area (Å²) in [6, 6.07) is 2.30. The van der Waals surface area contributed by atoms with Crippen molar-refractivity contribution in [2.75, 3.05) is 13.2 Å². The number of halogens is 1. The molecule has 0 saturated carbocycles. The summed E-state index contributed by atoms with van der Waals surface area (Å²) in [4.78, 5) is 3.33. The fourth-order valence-corrected chi connectivity index (χ4v) is 3.98. The van der Waals surface area contributed by atoms with Crippen LogP contribution in [-0.4, -0.2) is 13.2 Å². The molecule has 2 heterocycles. The van der Waals surface area contributed by atoms with Crippen LogP contribution in [0.3, 0.4) is 0 Å². The average Bonchev–Trinajstić information content (AvgIpc) is 2.73. The van der Waals surface area contributed by atoms with E-state index >= 15 is 0 Å². The summed E-state index contributed by atoms with van der Waals surface area (Å²) in [5.74, 6) is 0.655. The first-order valence-electron chi connectivity index (χ1n) is 4.97. The number of thiophene rings is 1. The number of aryl methyl sites for hydroxylation is 2. The highest BCUT2D eigenvalue weighted by Gasteiger charge is 2.26. The van der Waals surface area contributed by atoms with Crippen molar-refractivity contribution < 1.29 is 4.74 Å². The summed E-state index contributed by atoms with van der Waals surface area (Å²) >= 11 is 5.69. The Morgan fingerprint density at radius 3 is 2.86 bits per heavy atom. The van der Waals surface area contributed by atoms with E-state index in [0.717, 1.165) is 13.2 Å². The van der Waals surface area contributed by atoms with E-state index in [1.165, 1.54) is 21.7 Å². The molecule has 78 valence electrons. The van der Waals surface area contributed by atoms with E-state index in [0.29, 0.717) is 10.7 Å². The maximum absolute atomic E-state index is 5.42. The monoisotopic (exact) mass is 274 g/mol. The van der Waals surface area contributed by atoms with Gasteiger partial charge in [-0.25, -0.2) is 0 Å². The molecule has 0 radical (unpaired) electrons. The molecule has 1 aliphatic heterocycles. The Labute approximate surface area is 97.6 Å². The van der Waals surface area contributed by atoms with E-state index in [4.69, 9.17) is 4.74 Å². The zero-order valence-corrected chi connectivity index (χ0v) is 11.0. The third kappa shape index (κ3) is 2.05. The highest BCUT2D eigenvalue weighted by atomic mass is 79.9. The average molecular weight is 275 g/mol. The van der Waals surface area contributed by atoms with Crippen LogP contribution in [0.2, 0.25) is 0 Å². The van der Waals surface area contributed by atoms with Crippen LogP contribution in [0.25, 0.3) is 0 Å². The Hall–Kier alpha value is 0.140. The van der Waals surface area contributed by atoms with Crippen molar-refractivity contribution in [3.63, 3.8) is 0 Å². The minimum absolute atomic E-state index is 0.481. The first kappa shape index (κ1) is 10.7. The summed E-state index contributed by atoms with van der Waals surface area (Å²) in [6.45, 7) is 6.21. The quantitative estimate of drug-likeness (QED) is 0.745. The second-order valence-electron chi connectivity index (χ2n) is 3.89. The van der Waals surface area contributed by atoms with E-state index in [9.17, 15) is 0 Å². The predicted octanol–water partition coefficient (Wildman–Crippen LogP) is 3.84. The van der Waals surface area contributed by atoms with Crippen molar-refractivity contribution in [1.82, 2.24) is 0 Å². The van der Waals surface area contributed by atoms with Crippen molar-refractivity contribution in [2.45, 2.75) is 25.1 Å². The van der Waals surface area contributed by atoms with Crippen molar-refractivity contribution in [2.24, 2.45) is 5.92 Å². The molecule has 3 heteroatoms. The van der Waals surface area contributed by atoms with E-state index in [-0.39, 0.29) is 0 Å². The molecule has 2 atom stereocenters. The minimum atomic E-state index is 0.481. The van der Waals surface area contributed by atoms with Crippen LogP contribution in [0.5, 0.6) is 0 Å². The molecule has 2 unspecified atom stereocenters. The molecule has 1 aromatic rings. The fraction of sp³-hybridized carbons (Fsp3) is 0.636. The van der Waals surface area contributed by atoms with Gasteiger partial charge in [0.15, 0.2) is 0 Å². The Morgan fingerprint density at radius 2 is 2.36 bits per heavy atom. The third-order valence-electron chi connectivity index (χ3n) is 2.76. The molecule has 14 heavy (non-hydrogen) atoms. The summed E-state index contributed by atoms with van der Waals surface area (Å²) in [6.07, 6.45) is 1.18. The molecule has 1 aliphatic rings. The molecule has 0 N–H and O–H groups in total. The molecule has 0 spiro atoms. The Morgan fingerprint density at radius 1 is 1.57 bits per heavy atom. The molecule has 0 bridgehead atoms. The lowest BCUT2D eigenvalue weighted by Crippen LogP contribution is -2.07.